The lowest BCUT2D eigenvalue weighted by molar-refractivity contribution is -0.145. The molecule has 11 nitrogen and oxygen atoms in total. The summed E-state index contributed by atoms with van der Waals surface area (Å²) in [5.41, 5.74) is 0.238. The van der Waals surface area contributed by atoms with E-state index in [4.69, 9.17) is 14.2 Å². The first-order valence-electron chi connectivity index (χ1n) is 9.18. The van der Waals surface area contributed by atoms with Gasteiger partial charge in [-0.05, 0) is 18.2 Å². The van der Waals surface area contributed by atoms with Crippen LogP contribution in [0.25, 0.3) is 5.76 Å². The van der Waals surface area contributed by atoms with Crippen molar-refractivity contribution in [1.82, 2.24) is 0 Å². The summed E-state index contributed by atoms with van der Waals surface area (Å²) < 4.78 is 16.8. The molecule has 0 saturated carbocycles. The Labute approximate surface area is 174 Å². The molecule has 3 aliphatic rings. The molecular formula is C20H20O11. The van der Waals surface area contributed by atoms with E-state index in [0.29, 0.717) is 0 Å². The van der Waals surface area contributed by atoms with Gasteiger partial charge in [0.1, 0.15) is 35.9 Å². The number of aromatic hydroxyl groups is 3. The number of aliphatic hydroxyl groups excluding tert-OH is 5. The number of fused-ring (bicyclic) bond motifs is 1. The van der Waals surface area contributed by atoms with Crippen LogP contribution in [0.5, 0.6) is 17.2 Å². The summed E-state index contributed by atoms with van der Waals surface area (Å²) in [6.45, 7) is -0.572. The lowest BCUT2D eigenvalue weighted by Crippen LogP contribution is -2.34. The Balaban J connectivity index is 1.79. The Morgan fingerprint density at radius 3 is 2.23 bits per heavy atom. The molecule has 1 unspecified atom stereocenters. The van der Waals surface area contributed by atoms with Crippen LogP contribution in [0, 0.1) is 0 Å². The largest absolute Gasteiger partial charge is 0.508 e. The van der Waals surface area contributed by atoms with Gasteiger partial charge < -0.3 is 55.1 Å². The van der Waals surface area contributed by atoms with E-state index in [9.17, 15) is 40.9 Å². The van der Waals surface area contributed by atoms with Crippen LogP contribution in [0.3, 0.4) is 0 Å². The number of benzene rings is 1. The van der Waals surface area contributed by atoms with Crippen LogP contribution in [-0.2, 0) is 14.2 Å². The van der Waals surface area contributed by atoms with Gasteiger partial charge in [-0.25, -0.2) is 0 Å². The topological polar surface area (TPSA) is 190 Å². The molecule has 166 valence electrons. The Bertz CT molecular complexity index is 999. The number of hydrogen-bond acceptors (Lipinski definition) is 11. The second kappa shape index (κ2) is 7.71. The number of hydrogen-bond donors (Lipinski definition) is 8. The van der Waals surface area contributed by atoms with Gasteiger partial charge in [-0.2, -0.15) is 0 Å². The monoisotopic (exact) mass is 436 g/mol. The summed E-state index contributed by atoms with van der Waals surface area (Å²) in [5.74, 6) is -2.86. The van der Waals surface area contributed by atoms with Crippen LogP contribution < -0.4 is 0 Å². The molecule has 31 heavy (non-hydrogen) atoms. The van der Waals surface area contributed by atoms with Crippen LogP contribution >= 0.6 is 0 Å². The molecule has 0 bridgehead atoms. The minimum Gasteiger partial charge on any atom is -0.508 e. The Morgan fingerprint density at radius 2 is 1.61 bits per heavy atom. The molecule has 4 rings (SSSR count). The van der Waals surface area contributed by atoms with Crippen LogP contribution in [0.4, 0.5) is 0 Å². The van der Waals surface area contributed by atoms with Gasteiger partial charge in [-0.1, -0.05) is 0 Å². The quantitative estimate of drug-likeness (QED) is 0.300. The zero-order valence-electron chi connectivity index (χ0n) is 15.8. The first-order chi connectivity index (χ1) is 14.7. The Hall–Kier alpha value is -3.38. The average molecular weight is 436 g/mol. The zero-order valence-corrected chi connectivity index (χ0v) is 15.8. The number of allylic oxidation sites excluding steroid dienone is 2. The maximum atomic E-state index is 10.2. The maximum absolute atomic E-state index is 10.2. The first kappa shape index (κ1) is 20.9. The van der Waals surface area contributed by atoms with Crippen molar-refractivity contribution in [2.24, 2.45) is 0 Å². The predicted molar refractivity (Wildman–Crippen MR) is 102 cm³/mol. The highest BCUT2D eigenvalue weighted by Crippen LogP contribution is 2.42. The molecule has 0 aromatic heterocycles. The molecule has 1 fully saturated rings. The fourth-order valence-corrected chi connectivity index (χ4v) is 3.43. The van der Waals surface area contributed by atoms with E-state index in [-0.39, 0.29) is 34.2 Å². The van der Waals surface area contributed by atoms with Crippen molar-refractivity contribution < 1.29 is 55.1 Å². The predicted octanol–water partition coefficient (Wildman–Crippen LogP) is 0.150. The van der Waals surface area contributed by atoms with Gasteiger partial charge in [0.2, 0.25) is 6.29 Å². The van der Waals surface area contributed by atoms with Gasteiger partial charge in [-0.15, -0.1) is 0 Å². The van der Waals surface area contributed by atoms with Crippen LogP contribution in [-0.4, -0.2) is 78.2 Å². The molecule has 1 saturated heterocycles. The highest BCUT2D eigenvalue weighted by atomic mass is 16.7. The van der Waals surface area contributed by atoms with Gasteiger partial charge in [0.25, 0.3) is 0 Å². The minimum atomic E-state index is -1.52. The molecule has 0 spiro atoms. The van der Waals surface area contributed by atoms with Gasteiger partial charge in [-0.3, -0.25) is 0 Å². The van der Waals surface area contributed by atoms with Crippen molar-refractivity contribution in [2.75, 3.05) is 6.61 Å². The van der Waals surface area contributed by atoms with Crippen molar-refractivity contribution in [2.45, 2.75) is 30.7 Å². The number of ether oxygens (including phenoxy) is 3. The van der Waals surface area contributed by atoms with Crippen molar-refractivity contribution in [3.8, 4) is 17.2 Å². The number of rotatable bonds is 4. The second-order valence-corrected chi connectivity index (χ2v) is 7.14. The molecule has 0 amide bonds. The Kier molecular flexibility index (Phi) is 5.19. The van der Waals surface area contributed by atoms with Gasteiger partial charge in [0.15, 0.2) is 28.8 Å². The van der Waals surface area contributed by atoms with Gasteiger partial charge in [0.05, 0.1) is 6.61 Å². The smallest absolute Gasteiger partial charge is 0.229 e. The lowest BCUT2D eigenvalue weighted by Gasteiger charge is -2.30. The van der Waals surface area contributed by atoms with Crippen molar-refractivity contribution in [3.05, 3.63) is 58.8 Å². The SMILES string of the molecule is OC[C@H]1O[C@@H](OC2=C(c3cc(O)c(O)c(O)c3)OC3C=C(O)C=C(O)C3=C2)[C@H](O)[C@H]1O. The zero-order chi connectivity index (χ0) is 22.4. The Morgan fingerprint density at radius 1 is 0.935 bits per heavy atom. The van der Waals surface area contributed by atoms with Crippen LogP contribution in [0.1, 0.15) is 5.56 Å². The highest BCUT2D eigenvalue weighted by Gasteiger charge is 2.45. The van der Waals surface area contributed by atoms with E-state index in [0.717, 1.165) is 18.2 Å². The van der Waals surface area contributed by atoms with E-state index < -0.39 is 54.6 Å². The van der Waals surface area contributed by atoms with E-state index in [1.54, 1.807) is 0 Å². The third-order valence-electron chi connectivity index (χ3n) is 5.04. The fourth-order valence-electron chi connectivity index (χ4n) is 3.43. The molecule has 0 radical (unpaired) electrons. The summed E-state index contributed by atoms with van der Waals surface area (Å²) in [5, 5.41) is 78.7. The summed E-state index contributed by atoms with van der Waals surface area (Å²) in [7, 11) is 0. The first-order valence-corrected chi connectivity index (χ1v) is 9.18. The summed E-state index contributed by atoms with van der Waals surface area (Å²) in [6.07, 6.45) is -2.74. The highest BCUT2D eigenvalue weighted by molar-refractivity contribution is 5.72. The fraction of sp³-hybridized carbons (Fsp3) is 0.300. The number of phenols is 3. The summed E-state index contributed by atoms with van der Waals surface area (Å²) in [6, 6.07) is 2.15. The molecule has 2 aliphatic heterocycles. The van der Waals surface area contributed by atoms with Crippen molar-refractivity contribution >= 4 is 5.76 Å². The molecule has 5 atom stereocenters. The standard InChI is InChI=1S/C20H20O11/c21-6-15-17(27)18(28)20(31-15)30-14-5-9-10(23)3-8(22)4-13(9)29-19(14)7-1-11(24)16(26)12(25)2-7/h1-5,13,15,17-18,20-28H,6H2/t13?,15-,17+,18-,20-/m1/s1. The molecule has 1 aliphatic carbocycles. The molecule has 1 aromatic carbocycles. The number of phenolic OH excluding ortho intramolecular Hbond substituents is 3. The molecular weight excluding hydrogens is 416 g/mol. The van der Waals surface area contributed by atoms with E-state index in [1.807, 2.05) is 0 Å². The van der Waals surface area contributed by atoms with E-state index >= 15 is 0 Å². The average Bonchev–Trinajstić information content (AvgIpc) is 2.99. The van der Waals surface area contributed by atoms with Crippen LogP contribution in [0.2, 0.25) is 0 Å². The second-order valence-electron chi connectivity index (χ2n) is 7.14. The molecule has 11 heteroatoms. The van der Waals surface area contributed by atoms with Crippen molar-refractivity contribution in [3.63, 3.8) is 0 Å². The summed E-state index contributed by atoms with van der Waals surface area (Å²) >= 11 is 0. The molecule has 8 N–H and O–H groups in total. The third kappa shape index (κ3) is 3.64. The summed E-state index contributed by atoms with van der Waals surface area (Å²) in [4.78, 5) is 0. The van der Waals surface area contributed by atoms with Crippen LogP contribution in [0.15, 0.2) is 53.2 Å². The molecule has 2 heterocycles. The van der Waals surface area contributed by atoms with Gasteiger partial charge >= 0.3 is 0 Å². The van der Waals surface area contributed by atoms with E-state index in [2.05, 4.69) is 0 Å². The van der Waals surface area contributed by atoms with Crippen molar-refractivity contribution in [1.29, 1.82) is 0 Å². The lowest BCUT2D eigenvalue weighted by atomic mass is 9.97. The molecule has 1 aromatic rings. The normalized spacial score (nSPS) is 30.2. The maximum Gasteiger partial charge on any atom is 0.229 e. The minimum absolute atomic E-state index is 0.0479. The van der Waals surface area contributed by atoms with E-state index in [1.165, 1.54) is 12.2 Å². The number of aliphatic hydroxyl groups is 5. The third-order valence-corrected chi connectivity index (χ3v) is 5.04. The van der Waals surface area contributed by atoms with Gasteiger partial charge in [0, 0.05) is 23.3 Å².